The highest BCUT2D eigenvalue weighted by molar-refractivity contribution is 7.14. The number of ether oxygens (including phenoxy) is 2. The predicted octanol–water partition coefficient (Wildman–Crippen LogP) is 4.13. The number of benzene rings is 2. The van der Waals surface area contributed by atoms with Crippen molar-refractivity contribution in [3.8, 4) is 17.0 Å². The Morgan fingerprint density at radius 1 is 1.23 bits per heavy atom. The van der Waals surface area contributed by atoms with Crippen LogP contribution in [0.3, 0.4) is 0 Å². The summed E-state index contributed by atoms with van der Waals surface area (Å²) in [5, 5.41) is 4.36. The summed E-state index contributed by atoms with van der Waals surface area (Å²) in [5.74, 6) is -3.29. The lowest BCUT2D eigenvalue weighted by Gasteiger charge is -2.10. The lowest BCUT2D eigenvalue weighted by atomic mass is 10.2. The van der Waals surface area contributed by atoms with Gasteiger partial charge in [-0.3, -0.25) is 10.1 Å². The largest absolute Gasteiger partial charge is 0.496 e. The Balaban J connectivity index is 1.61. The van der Waals surface area contributed by atoms with E-state index in [9.17, 15) is 18.4 Å². The molecule has 1 amide bonds. The number of aromatic nitrogens is 1. The normalized spacial score (nSPS) is 10.5. The highest BCUT2D eigenvalue weighted by atomic mass is 35.5. The first-order chi connectivity index (χ1) is 14.3. The van der Waals surface area contributed by atoms with Crippen molar-refractivity contribution in [3.05, 3.63) is 57.9 Å². The van der Waals surface area contributed by atoms with E-state index in [1.165, 1.54) is 25.3 Å². The first kappa shape index (κ1) is 21.5. The number of amides is 1. The second-order valence-electron chi connectivity index (χ2n) is 5.87. The van der Waals surface area contributed by atoms with Gasteiger partial charge < -0.3 is 15.2 Å². The Bertz CT molecular complexity index is 1120. The van der Waals surface area contributed by atoms with Crippen molar-refractivity contribution in [1.29, 1.82) is 0 Å². The zero-order valence-corrected chi connectivity index (χ0v) is 16.9. The van der Waals surface area contributed by atoms with Crippen LogP contribution in [-0.4, -0.2) is 30.6 Å². The molecule has 2 aromatic carbocycles. The molecule has 1 aromatic heterocycles. The highest BCUT2D eigenvalue weighted by Gasteiger charge is 2.18. The minimum atomic E-state index is -1.00. The van der Waals surface area contributed by atoms with E-state index in [1.54, 1.807) is 5.38 Å². The molecule has 0 unspecified atom stereocenters. The third kappa shape index (κ3) is 4.84. The fourth-order valence-corrected chi connectivity index (χ4v) is 3.28. The number of carbonyl (C=O) groups excluding carboxylic acids is 2. The van der Waals surface area contributed by atoms with Crippen LogP contribution in [0, 0.1) is 11.6 Å². The fourth-order valence-electron chi connectivity index (χ4n) is 2.38. The quantitative estimate of drug-likeness (QED) is 0.429. The molecule has 0 atom stereocenters. The highest BCUT2D eigenvalue weighted by Crippen LogP contribution is 2.29. The minimum absolute atomic E-state index is 0.0133. The first-order valence-electron chi connectivity index (χ1n) is 8.29. The number of halogens is 3. The molecular formula is C19H14ClF2N3O4S. The van der Waals surface area contributed by atoms with E-state index in [4.69, 9.17) is 26.8 Å². The second kappa shape index (κ2) is 9.06. The van der Waals surface area contributed by atoms with Crippen molar-refractivity contribution in [3.63, 3.8) is 0 Å². The Morgan fingerprint density at radius 3 is 2.70 bits per heavy atom. The van der Waals surface area contributed by atoms with Gasteiger partial charge in [0.25, 0.3) is 5.91 Å². The Morgan fingerprint density at radius 2 is 2.00 bits per heavy atom. The molecule has 0 aliphatic rings. The van der Waals surface area contributed by atoms with Crippen LogP contribution < -0.4 is 15.8 Å². The maximum absolute atomic E-state index is 13.4. The molecule has 0 radical (unpaired) electrons. The number of esters is 1. The van der Waals surface area contributed by atoms with Crippen molar-refractivity contribution in [2.45, 2.75) is 0 Å². The average Bonchev–Trinajstić information content (AvgIpc) is 3.18. The summed E-state index contributed by atoms with van der Waals surface area (Å²) in [6.45, 7) is -0.593. The molecule has 3 rings (SSSR count). The Kier molecular flexibility index (Phi) is 6.48. The smallest absolute Gasteiger partial charge is 0.342 e. The minimum Gasteiger partial charge on any atom is -0.496 e. The van der Waals surface area contributed by atoms with E-state index >= 15 is 0 Å². The molecule has 3 N–H and O–H groups in total. The summed E-state index contributed by atoms with van der Waals surface area (Å²) in [5.41, 5.74) is 6.60. The Labute approximate surface area is 178 Å². The standard InChI is InChI=1S/C19H14ClF2N3O4S/c1-28-16-6-14(23)11(20)5-10(16)18(27)29-7-17(26)25-19-24-15(8-30-19)9-2-3-12(21)13(22)4-9/h2-6,8H,7,23H2,1H3,(H,24,25,26). The van der Waals surface area contributed by atoms with Crippen LogP contribution in [0.15, 0.2) is 35.7 Å². The predicted molar refractivity (Wildman–Crippen MR) is 109 cm³/mol. The van der Waals surface area contributed by atoms with Crippen LogP contribution in [-0.2, 0) is 9.53 Å². The molecule has 3 aromatic rings. The van der Waals surface area contributed by atoms with Gasteiger partial charge >= 0.3 is 5.97 Å². The van der Waals surface area contributed by atoms with Gasteiger partial charge in [0, 0.05) is 17.0 Å². The van der Waals surface area contributed by atoms with Gasteiger partial charge in [0.2, 0.25) is 0 Å². The average molecular weight is 454 g/mol. The number of carbonyl (C=O) groups is 2. The van der Waals surface area contributed by atoms with Crippen LogP contribution in [0.5, 0.6) is 5.75 Å². The summed E-state index contributed by atoms with van der Waals surface area (Å²) in [7, 11) is 1.35. The van der Waals surface area contributed by atoms with Gasteiger partial charge in [0.15, 0.2) is 23.4 Å². The van der Waals surface area contributed by atoms with E-state index < -0.39 is 30.1 Å². The van der Waals surface area contributed by atoms with Crippen molar-refractivity contribution < 1.29 is 27.8 Å². The van der Waals surface area contributed by atoms with Gasteiger partial charge in [-0.1, -0.05) is 11.6 Å². The number of methoxy groups -OCH3 is 1. The summed E-state index contributed by atoms with van der Waals surface area (Å²) < 4.78 is 36.4. The second-order valence-corrected chi connectivity index (χ2v) is 7.13. The number of anilines is 2. The number of nitrogens with zero attached hydrogens (tertiary/aromatic N) is 1. The lowest BCUT2D eigenvalue weighted by molar-refractivity contribution is -0.119. The summed E-state index contributed by atoms with van der Waals surface area (Å²) >= 11 is 6.98. The van der Waals surface area contributed by atoms with Crippen molar-refractivity contribution in [2.24, 2.45) is 0 Å². The zero-order chi connectivity index (χ0) is 21.8. The van der Waals surface area contributed by atoms with Gasteiger partial charge in [-0.2, -0.15) is 0 Å². The maximum atomic E-state index is 13.4. The number of thiazole rings is 1. The molecule has 0 saturated carbocycles. The zero-order valence-electron chi connectivity index (χ0n) is 15.4. The van der Waals surface area contributed by atoms with Gasteiger partial charge in [-0.05, 0) is 24.3 Å². The molecule has 156 valence electrons. The van der Waals surface area contributed by atoms with E-state index in [0.717, 1.165) is 23.5 Å². The Hall–Kier alpha value is -3.24. The SMILES string of the molecule is COc1cc(N)c(Cl)cc1C(=O)OCC(=O)Nc1nc(-c2ccc(F)c(F)c2)cs1. The van der Waals surface area contributed by atoms with Crippen molar-refractivity contribution >= 4 is 45.6 Å². The molecule has 0 fully saturated rings. The van der Waals surface area contributed by atoms with Crippen LogP contribution >= 0.6 is 22.9 Å². The fraction of sp³-hybridized carbons (Fsp3) is 0.105. The van der Waals surface area contributed by atoms with E-state index in [1.807, 2.05) is 0 Å². The summed E-state index contributed by atoms with van der Waals surface area (Å²) in [4.78, 5) is 28.4. The monoisotopic (exact) mass is 453 g/mol. The molecule has 7 nitrogen and oxygen atoms in total. The molecular weight excluding hydrogens is 440 g/mol. The first-order valence-corrected chi connectivity index (χ1v) is 9.55. The molecule has 0 bridgehead atoms. The number of nitrogens with one attached hydrogen (secondary N) is 1. The van der Waals surface area contributed by atoms with E-state index in [2.05, 4.69) is 10.3 Å². The van der Waals surface area contributed by atoms with Gasteiger partial charge in [0.1, 0.15) is 11.3 Å². The van der Waals surface area contributed by atoms with Crippen LogP contribution in [0.1, 0.15) is 10.4 Å². The molecule has 0 saturated heterocycles. The number of rotatable bonds is 6. The third-order valence-electron chi connectivity index (χ3n) is 3.84. The van der Waals surface area contributed by atoms with Crippen molar-refractivity contribution in [2.75, 3.05) is 24.8 Å². The summed E-state index contributed by atoms with van der Waals surface area (Å²) in [6, 6.07) is 6.01. The number of hydrogen-bond acceptors (Lipinski definition) is 7. The molecule has 0 spiro atoms. The van der Waals surface area contributed by atoms with Crippen LogP contribution in [0.2, 0.25) is 5.02 Å². The number of hydrogen-bond donors (Lipinski definition) is 2. The third-order valence-corrected chi connectivity index (χ3v) is 4.92. The molecule has 0 aliphatic heterocycles. The lowest BCUT2D eigenvalue weighted by Crippen LogP contribution is -2.21. The van der Waals surface area contributed by atoms with Gasteiger partial charge in [0.05, 0.1) is 23.5 Å². The molecule has 0 aliphatic carbocycles. The number of nitrogens with two attached hydrogens (primary N) is 1. The van der Waals surface area contributed by atoms with E-state index in [-0.39, 0.29) is 27.2 Å². The molecule has 1 heterocycles. The number of nitrogen functional groups attached to an aromatic ring is 1. The van der Waals surface area contributed by atoms with Crippen LogP contribution in [0.4, 0.5) is 19.6 Å². The summed E-state index contributed by atoms with van der Waals surface area (Å²) in [6.07, 6.45) is 0. The van der Waals surface area contributed by atoms with E-state index in [0.29, 0.717) is 11.3 Å². The molecule has 30 heavy (non-hydrogen) atoms. The van der Waals surface area contributed by atoms with Gasteiger partial charge in [-0.15, -0.1) is 11.3 Å². The van der Waals surface area contributed by atoms with Gasteiger partial charge in [-0.25, -0.2) is 18.6 Å². The van der Waals surface area contributed by atoms with Crippen LogP contribution in [0.25, 0.3) is 11.3 Å². The van der Waals surface area contributed by atoms with Crippen molar-refractivity contribution in [1.82, 2.24) is 4.98 Å². The molecule has 11 heteroatoms. The maximum Gasteiger partial charge on any atom is 0.342 e. The topological polar surface area (TPSA) is 104 Å².